The van der Waals surface area contributed by atoms with Crippen LogP contribution in [0.4, 0.5) is 0 Å². The maximum absolute atomic E-state index is 12.4. The number of carbonyl (C=O) groups is 1. The van der Waals surface area contributed by atoms with Crippen molar-refractivity contribution in [2.24, 2.45) is 13.0 Å². The Morgan fingerprint density at radius 2 is 1.85 bits per heavy atom. The molecule has 2 aliphatic heterocycles. The molecule has 0 saturated carbocycles. The maximum atomic E-state index is 12.4. The fraction of sp³-hybridized carbons (Fsp3) is 0.423. The lowest BCUT2D eigenvalue weighted by Crippen LogP contribution is -2.25. The Hall–Kier alpha value is -3.35. The van der Waals surface area contributed by atoms with Crippen LogP contribution in [0, 0.1) is 5.92 Å². The molecule has 3 aromatic rings. The van der Waals surface area contributed by atoms with E-state index < -0.39 is 11.4 Å². The molecule has 2 aliphatic rings. The fourth-order valence-corrected chi connectivity index (χ4v) is 4.47. The van der Waals surface area contributed by atoms with Gasteiger partial charge in [0.2, 0.25) is 0 Å². The van der Waals surface area contributed by atoms with Gasteiger partial charge in [-0.2, -0.15) is 5.10 Å². The molecule has 0 unspecified atom stereocenters. The number of aromatic carboxylic acids is 1. The van der Waals surface area contributed by atoms with Gasteiger partial charge >= 0.3 is 5.97 Å². The van der Waals surface area contributed by atoms with Crippen molar-refractivity contribution >= 4 is 5.97 Å². The molecule has 7 heteroatoms. The number of hydrogen-bond donors (Lipinski definition) is 1. The van der Waals surface area contributed by atoms with E-state index in [4.69, 9.17) is 4.74 Å². The molecular formula is C26H31N3O4. The number of carboxylic acids is 1. The first kappa shape index (κ1) is 22.8. The predicted octanol–water partition coefficient (Wildman–Crippen LogP) is 4.55. The number of ether oxygens (including phenoxy) is 1. The maximum Gasteiger partial charge on any atom is 0.341 e. The van der Waals surface area contributed by atoms with Crippen molar-refractivity contribution in [2.75, 3.05) is 0 Å². The largest absolute Gasteiger partial charge is 0.487 e. The van der Waals surface area contributed by atoms with Crippen LogP contribution in [0.3, 0.4) is 0 Å². The van der Waals surface area contributed by atoms with Crippen molar-refractivity contribution in [3.63, 3.8) is 0 Å². The minimum Gasteiger partial charge on any atom is -0.487 e. The predicted molar refractivity (Wildman–Crippen MR) is 128 cm³/mol. The normalized spacial score (nSPS) is 15.1. The molecule has 0 saturated heterocycles. The standard InChI is InChI=1S/C22H21N3O4.C4H10/c1-22(2)8-16-13-4-5-25-11-17(21(27)28)19(26)7-18(25)15(13)6-14(20(16)29-22)12-9-23-24(3)10-12;1-4(2)3/h6-7,9-11H,4-5,8H2,1-3H3,(H,27,28);4H,1-3H3. The molecule has 5 rings (SSSR count). The van der Waals surface area contributed by atoms with Crippen LogP contribution in [0.15, 0.2) is 35.5 Å². The second kappa shape index (κ2) is 8.21. The molecule has 1 aromatic carbocycles. The molecule has 174 valence electrons. The van der Waals surface area contributed by atoms with Gasteiger partial charge < -0.3 is 14.4 Å². The van der Waals surface area contributed by atoms with E-state index in [9.17, 15) is 14.7 Å². The van der Waals surface area contributed by atoms with Gasteiger partial charge in [0.05, 0.1) is 11.9 Å². The number of hydrogen-bond acceptors (Lipinski definition) is 4. The first-order valence-electron chi connectivity index (χ1n) is 11.3. The van der Waals surface area contributed by atoms with E-state index in [0.29, 0.717) is 6.54 Å². The van der Waals surface area contributed by atoms with Crippen molar-refractivity contribution in [3.8, 4) is 28.1 Å². The zero-order chi connectivity index (χ0) is 24.1. The monoisotopic (exact) mass is 449 g/mol. The summed E-state index contributed by atoms with van der Waals surface area (Å²) in [4.78, 5) is 23.8. The van der Waals surface area contributed by atoms with Crippen LogP contribution in [0.1, 0.15) is 56.1 Å². The average molecular weight is 450 g/mol. The number of fused-ring (bicyclic) bond motifs is 5. The second-order valence-electron chi connectivity index (χ2n) is 10.1. The number of aryl methyl sites for hydroxylation is 2. The molecule has 0 bridgehead atoms. The Morgan fingerprint density at radius 3 is 2.45 bits per heavy atom. The molecule has 0 spiro atoms. The number of benzene rings is 1. The average Bonchev–Trinajstić information content (AvgIpc) is 3.28. The Balaban J connectivity index is 0.000000601. The van der Waals surface area contributed by atoms with Crippen LogP contribution in [0.2, 0.25) is 0 Å². The molecule has 1 N–H and O–H groups in total. The van der Waals surface area contributed by atoms with E-state index in [1.807, 2.05) is 17.8 Å². The summed E-state index contributed by atoms with van der Waals surface area (Å²) < 4.78 is 9.95. The number of aromatic nitrogens is 3. The van der Waals surface area contributed by atoms with Crippen LogP contribution < -0.4 is 10.2 Å². The van der Waals surface area contributed by atoms with Crippen molar-refractivity contribution in [1.82, 2.24) is 14.3 Å². The van der Waals surface area contributed by atoms with Crippen LogP contribution in [-0.4, -0.2) is 31.0 Å². The van der Waals surface area contributed by atoms with Gasteiger partial charge in [-0.05, 0) is 37.8 Å². The van der Waals surface area contributed by atoms with Gasteiger partial charge in [-0.25, -0.2) is 4.79 Å². The second-order valence-corrected chi connectivity index (χ2v) is 10.1. The van der Waals surface area contributed by atoms with Gasteiger partial charge in [-0.3, -0.25) is 9.48 Å². The van der Waals surface area contributed by atoms with Crippen molar-refractivity contribution in [3.05, 3.63) is 57.6 Å². The third-order valence-corrected chi connectivity index (χ3v) is 5.73. The lowest BCUT2D eigenvalue weighted by molar-refractivity contribution is 0.0694. The van der Waals surface area contributed by atoms with Crippen molar-refractivity contribution in [1.29, 1.82) is 0 Å². The molecule has 0 fully saturated rings. The molecular weight excluding hydrogens is 418 g/mol. The quantitative estimate of drug-likeness (QED) is 0.620. The van der Waals surface area contributed by atoms with Gasteiger partial charge in [0.15, 0.2) is 5.43 Å². The third-order valence-electron chi connectivity index (χ3n) is 5.73. The number of pyridine rings is 1. The summed E-state index contributed by atoms with van der Waals surface area (Å²) in [5.74, 6) is 0.524. The van der Waals surface area contributed by atoms with E-state index in [1.54, 1.807) is 10.9 Å². The van der Waals surface area contributed by atoms with E-state index in [2.05, 4.69) is 45.8 Å². The van der Waals surface area contributed by atoms with Gasteiger partial charge in [0, 0.05) is 60.7 Å². The lowest BCUT2D eigenvalue weighted by atomic mass is 9.86. The topological polar surface area (TPSA) is 86.4 Å². The van der Waals surface area contributed by atoms with Gasteiger partial charge in [0.1, 0.15) is 16.9 Å². The summed E-state index contributed by atoms with van der Waals surface area (Å²) in [5, 5.41) is 13.6. The van der Waals surface area contributed by atoms with E-state index >= 15 is 0 Å². The highest BCUT2D eigenvalue weighted by atomic mass is 16.5. The van der Waals surface area contributed by atoms with E-state index in [-0.39, 0.29) is 11.2 Å². The summed E-state index contributed by atoms with van der Waals surface area (Å²) in [6.45, 7) is 11.3. The molecule has 4 heterocycles. The smallest absolute Gasteiger partial charge is 0.341 e. The fourth-order valence-electron chi connectivity index (χ4n) is 4.47. The Morgan fingerprint density at radius 1 is 1.15 bits per heavy atom. The number of carboxylic acid groups (broad SMARTS) is 1. The minimum absolute atomic E-state index is 0.199. The minimum atomic E-state index is -1.20. The van der Waals surface area contributed by atoms with Crippen LogP contribution >= 0.6 is 0 Å². The van der Waals surface area contributed by atoms with Crippen LogP contribution in [0.25, 0.3) is 22.4 Å². The summed E-state index contributed by atoms with van der Waals surface area (Å²) in [5.41, 5.74) is 4.98. The molecule has 0 amide bonds. The zero-order valence-corrected chi connectivity index (χ0v) is 20.1. The Labute approximate surface area is 193 Å². The van der Waals surface area contributed by atoms with Crippen LogP contribution in [-0.2, 0) is 26.4 Å². The lowest BCUT2D eigenvalue weighted by Gasteiger charge is -2.25. The highest BCUT2D eigenvalue weighted by Crippen LogP contribution is 2.48. The van der Waals surface area contributed by atoms with Gasteiger partial charge in [0.25, 0.3) is 0 Å². The number of rotatable bonds is 2. The first-order valence-corrected chi connectivity index (χ1v) is 11.3. The highest BCUT2D eigenvalue weighted by molar-refractivity contribution is 5.88. The molecule has 33 heavy (non-hydrogen) atoms. The molecule has 2 aromatic heterocycles. The van der Waals surface area contributed by atoms with E-state index in [1.165, 1.54) is 23.4 Å². The molecule has 7 nitrogen and oxygen atoms in total. The SMILES string of the molecule is CC(C)C.Cn1cc(-c2cc3c(c4c2OC(C)(C)C4)CCn2cc(C(=O)O)c(=O)cc2-3)cn1. The van der Waals surface area contributed by atoms with Gasteiger partial charge in [-0.1, -0.05) is 20.8 Å². The van der Waals surface area contributed by atoms with E-state index in [0.717, 1.165) is 46.9 Å². The van der Waals surface area contributed by atoms with Crippen LogP contribution in [0.5, 0.6) is 5.75 Å². The first-order chi connectivity index (χ1) is 15.5. The van der Waals surface area contributed by atoms with Gasteiger partial charge in [-0.15, -0.1) is 0 Å². The summed E-state index contributed by atoms with van der Waals surface area (Å²) in [6.07, 6.45) is 6.76. The summed E-state index contributed by atoms with van der Waals surface area (Å²) >= 11 is 0. The molecule has 0 radical (unpaired) electrons. The summed E-state index contributed by atoms with van der Waals surface area (Å²) in [6, 6.07) is 3.50. The Bertz CT molecular complexity index is 1290. The van der Waals surface area contributed by atoms with Crippen molar-refractivity contribution in [2.45, 2.75) is 59.6 Å². The third kappa shape index (κ3) is 4.32. The Kier molecular flexibility index (Phi) is 5.68. The molecule has 0 atom stereocenters. The highest BCUT2D eigenvalue weighted by Gasteiger charge is 2.36. The zero-order valence-electron chi connectivity index (χ0n) is 20.1. The molecule has 0 aliphatic carbocycles. The van der Waals surface area contributed by atoms with Crippen molar-refractivity contribution < 1.29 is 14.6 Å². The summed E-state index contributed by atoms with van der Waals surface area (Å²) in [7, 11) is 1.87. The number of nitrogens with zero attached hydrogens (tertiary/aromatic N) is 3.